The molecule has 1 heterocycles. The maximum atomic E-state index is 12.3. The fourth-order valence-electron chi connectivity index (χ4n) is 3.38. The van der Waals surface area contributed by atoms with Crippen LogP contribution in [0.15, 0.2) is 53.4 Å². The zero-order chi connectivity index (χ0) is 20.6. The molecule has 2 aromatic carbocycles. The lowest BCUT2D eigenvalue weighted by atomic mass is 10.1. The van der Waals surface area contributed by atoms with Crippen LogP contribution < -0.4 is 10.6 Å². The summed E-state index contributed by atoms with van der Waals surface area (Å²) in [6.45, 7) is 6.20. The number of carbonyl (C=O) groups is 2. The molecule has 0 aromatic heterocycles. The van der Waals surface area contributed by atoms with Gasteiger partial charge in [0, 0.05) is 29.7 Å². The number of nitrogens with one attached hydrogen (secondary N) is 2. The highest BCUT2D eigenvalue weighted by atomic mass is 32.2. The van der Waals surface area contributed by atoms with Crippen molar-refractivity contribution >= 4 is 29.3 Å². The van der Waals surface area contributed by atoms with Crippen molar-refractivity contribution in [2.75, 3.05) is 30.7 Å². The van der Waals surface area contributed by atoms with Gasteiger partial charge in [-0.15, -0.1) is 11.8 Å². The van der Waals surface area contributed by atoms with Crippen molar-refractivity contribution in [3.63, 3.8) is 0 Å². The molecule has 2 aromatic rings. The lowest BCUT2D eigenvalue weighted by Gasteiger charge is -2.31. The standard InChI is InChI=1S/C23H29N3O2S/c1-17-8-9-21(14-18(17)2)29-16-23(28)25-20-10-12-26(13-11-20)15-22(27)24-19-6-4-3-5-7-19/h3-9,14,20H,10-13,15-16H2,1-2H3,(H,24,27)(H,25,28). The molecule has 5 nitrogen and oxygen atoms in total. The summed E-state index contributed by atoms with van der Waals surface area (Å²) in [6.07, 6.45) is 1.75. The smallest absolute Gasteiger partial charge is 0.238 e. The number of para-hydroxylation sites is 1. The van der Waals surface area contributed by atoms with Crippen LogP contribution in [0.2, 0.25) is 0 Å². The Hall–Kier alpha value is -2.31. The predicted octanol–water partition coefficient (Wildman–Crippen LogP) is 3.61. The quantitative estimate of drug-likeness (QED) is 0.683. The maximum Gasteiger partial charge on any atom is 0.238 e. The number of rotatable bonds is 7. The Balaban J connectivity index is 1.35. The second-order valence-electron chi connectivity index (χ2n) is 7.57. The van der Waals surface area contributed by atoms with Crippen molar-refractivity contribution in [3.05, 3.63) is 59.7 Å². The average Bonchev–Trinajstić information content (AvgIpc) is 2.71. The van der Waals surface area contributed by atoms with Gasteiger partial charge in [0.25, 0.3) is 0 Å². The number of hydrogen-bond donors (Lipinski definition) is 2. The molecule has 2 N–H and O–H groups in total. The number of hydrogen-bond acceptors (Lipinski definition) is 4. The van der Waals surface area contributed by atoms with Gasteiger partial charge in [0.15, 0.2) is 0 Å². The molecule has 3 rings (SSSR count). The molecule has 1 saturated heterocycles. The molecular weight excluding hydrogens is 382 g/mol. The van der Waals surface area contributed by atoms with Gasteiger partial charge in [0.1, 0.15) is 0 Å². The van der Waals surface area contributed by atoms with Crippen molar-refractivity contribution in [1.82, 2.24) is 10.2 Å². The highest BCUT2D eigenvalue weighted by molar-refractivity contribution is 8.00. The number of likely N-dealkylation sites (tertiary alicyclic amines) is 1. The summed E-state index contributed by atoms with van der Waals surface area (Å²) in [7, 11) is 0. The molecule has 0 radical (unpaired) electrons. The molecule has 0 saturated carbocycles. The Bertz CT molecular complexity index is 833. The van der Waals surface area contributed by atoms with Crippen LogP contribution in [0, 0.1) is 13.8 Å². The first-order chi connectivity index (χ1) is 14.0. The summed E-state index contributed by atoms with van der Waals surface area (Å²) >= 11 is 1.57. The third-order valence-corrected chi connectivity index (χ3v) is 6.22. The second kappa shape index (κ2) is 10.5. The van der Waals surface area contributed by atoms with Gasteiger partial charge in [0.05, 0.1) is 12.3 Å². The van der Waals surface area contributed by atoms with E-state index in [0.717, 1.165) is 36.5 Å². The molecule has 0 spiro atoms. The van der Waals surface area contributed by atoms with E-state index in [1.165, 1.54) is 11.1 Å². The van der Waals surface area contributed by atoms with E-state index < -0.39 is 0 Å². The van der Waals surface area contributed by atoms with E-state index in [-0.39, 0.29) is 17.9 Å². The molecule has 6 heteroatoms. The fourth-order valence-corrected chi connectivity index (χ4v) is 4.19. The normalized spacial score (nSPS) is 15.1. The van der Waals surface area contributed by atoms with Crippen LogP contribution in [-0.2, 0) is 9.59 Å². The molecule has 1 aliphatic rings. The van der Waals surface area contributed by atoms with Crippen LogP contribution in [0.1, 0.15) is 24.0 Å². The third-order valence-electron chi connectivity index (χ3n) is 5.23. The molecule has 2 amide bonds. The van der Waals surface area contributed by atoms with E-state index in [4.69, 9.17) is 0 Å². The maximum absolute atomic E-state index is 12.3. The number of carbonyl (C=O) groups excluding carboxylic acids is 2. The van der Waals surface area contributed by atoms with Crippen molar-refractivity contribution < 1.29 is 9.59 Å². The lowest BCUT2D eigenvalue weighted by molar-refractivity contribution is -0.120. The fraction of sp³-hybridized carbons (Fsp3) is 0.391. The number of amides is 2. The third kappa shape index (κ3) is 6.91. The van der Waals surface area contributed by atoms with Gasteiger partial charge in [0.2, 0.25) is 11.8 Å². The van der Waals surface area contributed by atoms with Crippen molar-refractivity contribution in [2.24, 2.45) is 0 Å². The molecule has 1 fully saturated rings. The first-order valence-electron chi connectivity index (χ1n) is 10.1. The van der Waals surface area contributed by atoms with Crippen LogP contribution in [-0.4, -0.2) is 48.1 Å². The minimum Gasteiger partial charge on any atom is -0.353 e. The van der Waals surface area contributed by atoms with Gasteiger partial charge >= 0.3 is 0 Å². The van der Waals surface area contributed by atoms with Crippen LogP contribution in [0.5, 0.6) is 0 Å². The minimum absolute atomic E-state index is 0.00322. The van der Waals surface area contributed by atoms with Gasteiger partial charge in [-0.3, -0.25) is 14.5 Å². The predicted molar refractivity (Wildman–Crippen MR) is 119 cm³/mol. The summed E-state index contributed by atoms with van der Waals surface area (Å²) in [5, 5.41) is 6.06. The van der Waals surface area contributed by atoms with Gasteiger partial charge in [-0.05, 0) is 62.1 Å². The van der Waals surface area contributed by atoms with Gasteiger partial charge in [-0.25, -0.2) is 0 Å². The van der Waals surface area contributed by atoms with E-state index in [9.17, 15) is 9.59 Å². The lowest BCUT2D eigenvalue weighted by Crippen LogP contribution is -2.47. The largest absolute Gasteiger partial charge is 0.353 e. The topological polar surface area (TPSA) is 61.4 Å². The van der Waals surface area contributed by atoms with E-state index in [2.05, 4.69) is 47.6 Å². The van der Waals surface area contributed by atoms with Crippen LogP contribution in [0.4, 0.5) is 5.69 Å². The van der Waals surface area contributed by atoms with Crippen LogP contribution in [0.3, 0.4) is 0 Å². The number of benzene rings is 2. The summed E-state index contributed by atoms with van der Waals surface area (Å²) in [4.78, 5) is 27.7. The zero-order valence-electron chi connectivity index (χ0n) is 17.1. The molecule has 154 valence electrons. The minimum atomic E-state index is 0.00322. The monoisotopic (exact) mass is 411 g/mol. The molecular formula is C23H29N3O2S. The SMILES string of the molecule is Cc1ccc(SCC(=O)NC2CCN(CC(=O)Nc3ccccc3)CC2)cc1C. The number of aryl methyl sites for hydroxylation is 2. The van der Waals surface area contributed by atoms with Crippen LogP contribution >= 0.6 is 11.8 Å². The second-order valence-corrected chi connectivity index (χ2v) is 8.62. The van der Waals surface area contributed by atoms with Crippen molar-refractivity contribution in [2.45, 2.75) is 37.6 Å². The Morgan fingerprint density at radius 2 is 1.72 bits per heavy atom. The first-order valence-corrected chi connectivity index (χ1v) is 11.0. The zero-order valence-corrected chi connectivity index (χ0v) is 17.9. The molecule has 0 bridgehead atoms. The van der Waals surface area contributed by atoms with Gasteiger partial charge in [-0.1, -0.05) is 24.3 Å². The van der Waals surface area contributed by atoms with E-state index >= 15 is 0 Å². The Labute approximate surface area is 177 Å². The Morgan fingerprint density at radius 1 is 1.00 bits per heavy atom. The first kappa shape index (κ1) is 21.4. The Morgan fingerprint density at radius 3 is 2.41 bits per heavy atom. The van der Waals surface area contributed by atoms with E-state index in [1.54, 1.807) is 11.8 Å². The number of thioether (sulfide) groups is 1. The molecule has 0 unspecified atom stereocenters. The summed E-state index contributed by atoms with van der Waals surface area (Å²) in [5.41, 5.74) is 3.34. The number of nitrogens with zero attached hydrogens (tertiary/aromatic N) is 1. The Kier molecular flexibility index (Phi) is 7.72. The highest BCUT2D eigenvalue weighted by Crippen LogP contribution is 2.21. The average molecular weight is 412 g/mol. The molecule has 1 aliphatic heterocycles. The van der Waals surface area contributed by atoms with E-state index in [1.807, 2.05) is 30.3 Å². The number of piperidine rings is 1. The van der Waals surface area contributed by atoms with Crippen molar-refractivity contribution in [1.29, 1.82) is 0 Å². The van der Waals surface area contributed by atoms with Gasteiger partial charge in [-0.2, -0.15) is 0 Å². The van der Waals surface area contributed by atoms with Gasteiger partial charge < -0.3 is 10.6 Å². The summed E-state index contributed by atoms with van der Waals surface area (Å²) in [5.74, 6) is 0.513. The molecule has 29 heavy (non-hydrogen) atoms. The number of anilines is 1. The molecule has 0 aliphatic carbocycles. The van der Waals surface area contributed by atoms with Crippen molar-refractivity contribution in [3.8, 4) is 0 Å². The summed E-state index contributed by atoms with van der Waals surface area (Å²) < 4.78 is 0. The summed E-state index contributed by atoms with van der Waals surface area (Å²) in [6, 6.07) is 16.0. The highest BCUT2D eigenvalue weighted by Gasteiger charge is 2.22. The molecule has 0 atom stereocenters. The van der Waals surface area contributed by atoms with Crippen LogP contribution in [0.25, 0.3) is 0 Å². The van der Waals surface area contributed by atoms with E-state index in [0.29, 0.717) is 12.3 Å².